The van der Waals surface area contributed by atoms with E-state index in [1.807, 2.05) is 0 Å². The molecule has 0 aliphatic rings. The van der Waals surface area contributed by atoms with Gasteiger partial charge in [-0.3, -0.25) is 9.11 Å². The van der Waals surface area contributed by atoms with Gasteiger partial charge in [0.05, 0.1) is 19.6 Å². The molecule has 15 nitrogen and oxygen atoms in total. The predicted molar refractivity (Wildman–Crippen MR) is 136 cm³/mol. The fourth-order valence-electron chi connectivity index (χ4n) is 3.76. The van der Waals surface area contributed by atoms with Gasteiger partial charge in [-0.2, -0.15) is 16.8 Å². The van der Waals surface area contributed by atoms with Crippen molar-refractivity contribution in [2.24, 2.45) is 0 Å². The molecule has 0 spiro atoms. The van der Waals surface area contributed by atoms with Gasteiger partial charge in [-0.25, -0.2) is 21.6 Å². The highest BCUT2D eigenvalue weighted by Gasteiger charge is 2.19. The molecular formula is C21H14N2O13S4-2. The maximum atomic E-state index is 12.6. The quantitative estimate of drug-likeness (QED) is 0.222. The van der Waals surface area contributed by atoms with Crippen LogP contribution in [-0.4, -0.2) is 57.9 Å². The molecule has 0 unspecified atom stereocenters. The molecule has 0 fully saturated rings. The van der Waals surface area contributed by atoms with E-state index in [0.29, 0.717) is 12.1 Å². The summed E-state index contributed by atoms with van der Waals surface area (Å²) < 4.78 is 135. The standard InChI is InChI=1S/C21H16N2O13S4/c24-21(22-13-3-1-11-5-15(37(25,26)27)9-19(17(11)7-13)39(31,32)33)23-14-4-2-12-6-16(38(28,29)30)10-20(18(12)8-14)40(34,35)36/h1-10H,(H2,22,23,24)(H,25,26,27)(H,28,29,30)(H,31,32,33)(H,34,35,36)/p-2. The fraction of sp³-hybridized carbons (Fsp3) is 0. The predicted octanol–water partition coefficient (Wildman–Crippen LogP) is 1.94. The van der Waals surface area contributed by atoms with Gasteiger partial charge in [-0.05, 0) is 59.3 Å². The number of amides is 2. The summed E-state index contributed by atoms with van der Waals surface area (Å²) in [5.41, 5.74) is -0.146. The van der Waals surface area contributed by atoms with Crippen molar-refractivity contribution in [3.63, 3.8) is 0 Å². The van der Waals surface area contributed by atoms with E-state index in [1.165, 1.54) is 24.3 Å². The Morgan fingerprint density at radius 1 is 0.575 bits per heavy atom. The van der Waals surface area contributed by atoms with Crippen molar-refractivity contribution in [3.8, 4) is 0 Å². The minimum Gasteiger partial charge on any atom is -0.744 e. The molecule has 0 radical (unpaired) electrons. The highest BCUT2D eigenvalue weighted by atomic mass is 32.2. The Labute approximate surface area is 226 Å². The molecule has 0 aliphatic carbocycles. The topological polar surface area (TPSA) is 264 Å². The van der Waals surface area contributed by atoms with Crippen LogP contribution in [0.25, 0.3) is 21.5 Å². The van der Waals surface area contributed by atoms with Gasteiger partial charge in [0, 0.05) is 22.1 Å². The molecular weight excluding hydrogens is 617 g/mol. The van der Waals surface area contributed by atoms with Crippen LogP contribution in [0.15, 0.2) is 80.2 Å². The van der Waals surface area contributed by atoms with Crippen LogP contribution in [0, 0.1) is 0 Å². The number of fused-ring (bicyclic) bond motifs is 2. The number of nitrogens with one attached hydrogen (secondary N) is 2. The number of carbonyl (C=O) groups is 1. The van der Waals surface area contributed by atoms with Crippen molar-refractivity contribution in [1.82, 2.24) is 0 Å². The molecule has 19 heteroatoms. The van der Waals surface area contributed by atoms with Crippen molar-refractivity contribution in [1.29, 1.82) is 0 Å². The number of urea groups is 1. The van der Waals surface area contributed by atoms with Crippen molar-refractivity contribution in [2.45, 2.75) is 19.6 Å². The molecule has 212 valence electrons. The van der Waals surface area contributed by atoms with Gasteiger partial charge in [0.2, 0.25) is 0 Å². The van der Waals surface area contributed by atoms with Crippen LogP contribution in [0.3, 0.4) is 0 Å². The van der Waals surface area contributed by atoms with Crippen molar-refractivity contribution >= 4 is 79.4 Å². The Kier molecular flexibility index (Phi) is 7.14. The first-order valence-corrected chi connectivity index (χ1v) is 16.0. The molecule has 0 aromatic heterocycles. The number of hydrogen-bond acceptors (Lipinski definition) is 11. The number of carbonyl (C=O) groups excluding carboxylic acids is 1. The summed E-state index contributed by atoms with van der Waals surface area (Å²) >= 11 is 0. The van der Waals surface area contributed by atoms with Crippen molar-refractivity contribution in [3.05, 3.63) is 60.7 Å². The molecule has 0 saturated heterocycles. The van der Waals surface area contributed by atoms with Crippen LogP contribution in [-0.2, 0) is 40.5 Å². The molecule has 4 aromatic rings. The van der Waals surface area contributed by atoms with E-state index in [4.69, 9.17) is 0 Å². The number of anilines is 2. The van der Waals surface area contributed by atoms with E-state index >= 15 is 0 Å². The normalized spacial score (nSPS) is 12.9. The summed E-state index contributed by atoms with van der Waals surface area (Å²) in [5.74, 6) is 0. The summed E-state index contributed by atoms with van der Waals surface area (Å²) in [6, 6.07) is 8.65. The molecule has 4 aromatic carbocycles. The molecule has 40 heavy (non-hydrogen) atoms. The van der Waals surface area contributed by atoms with Crippen molar-refractivity contribution in [2.75, 3.05) is 10.6 Å². The van der Waals surface area contributed by atoms with Crippen LogP contribution in [0.2, 0.25) is 0 Å². The first-order valence-electron chi connectivity index (χ1n) is 10.3. The summed E-state index contributed by atoms with van der Waals surface area (Å²) in [7, 11) is -20.2. The Hall–Kier alpha value is -3.69. The maximum Gasteiger partial charge on any atom is 0.323 e. The van der Waals surface area contributed by atoms with Gasteiger partial charge in [-0.1, -0.05) is 12.1 Å². The average molecular weight is 631 g/mol. The Morgan fingerprint density at radius 2 is 0.925 bits per heavy atom. The third kappa shape index (κ3) is 6.21. The Bertz CT molecular complexity index is 2020. The highest BCUT2D eigenvalue weighted by Crippen LogP contribution is 2.31. The summed E-state index contributed by atoms with van der Waals surface area (Å²) in [5, 5.41) is 3.96. The maximum absolute atomic E-state index is 12.6. The van der Waals surface area contributed by atoms with Gasteiger partial charge in [-0.15, -0.1) is 0 Å². The van der Waals surface area contributed by atoms with Crippen LogP contribution >= 0.6 is 0 Å². The molecule has 4 rings (SSSR count). The third-order valence-corrected chi connectivity index (χ3v) is 8.85. The molecule has 0 aliphatic heterocycles. The van der Waals surface area contributed by atoms with Gasteiger partial charge >= 0.3 is 6.03 Å². The lowest BCUT2D eigenvalue weighted by atomic mass is 10.1. The first kappa shape index (κ1) is 29.3. The third-order valence-electron chi connectivity index (χ3n) is 5.43. The second kappa shape index (κ2) is 9.74. The van der Waals surface area contributed by atoms with Gasteiger partial charge in [0.25, 0.3) is 20.2 Å². The number of benzene rings is 4. The molecule has 0 saturated carbocycles. The molecule has 4 N–H and O–H groups in total. The minimum absolute atomic E-state index is 0.0688. The van der Waals surface area contributed by atoms with E-state index in [2.05, 4.69) is 10.6 Å². The van der Waals surface area contributed by atoms with E-state index < -0.39 is 66.1 Å². The van der Waals surface area contributed by atoms with E-state index in [9.17, 15) is 56.7 Å². The second-order valence-electron chi connectivity index (χ2n) is 8.15. The zero-order valence-electron chi connectivity index (χ0n) is 19.3. The van der Waals surface area contributed by atoms with Crippen LogP contribution < -0.4 is 10.6 Å². The smallest absolute Gasteiger partial charge is 0.323 e. The largest absolute Gasteiger partial charge is 0.744 e. The van der Waals surface area contributed by atoms with Crippen LogP contribution in [0.1, 0.15) is 0 Å². The minimum atomic E-state index is -5.24. The van der Waals surface area contributed by atoms with Gasteiger partial charge < -0.3 is 19.7 Å². The molecule has 2 amide bonds. The average Bonchev–Trinajstić information content (AvgIpc) is 2.80. The summed E-state index contributed by atoms with van der Waals surface area (Å²) in [6.45, 7) is 0. The number of rotatable bonds is 6. The first-order chi connectivity index (χ1) is 18.2. The second-order valence-corrected chi connectivity index (χ2v) is 13.7. The van der Waals surface area contributed by atoms with Crippen molar-refractivity contribution < 1.29 is 56.7 Å². The van der Waals surface area contributed by atoms with Gasteiger partial charge in [0.1, 0.15) is 20.2 Å². The highest BCUT2D eigenvalue weighted by molar-refractivity contribution is 7.87. The SMILES string of the molecule is O=C(Nc1ccc2cc(S(=O)(=O)O)cc(S(=O)(=O)[O-])c2c1)Nc1ccc2cc(S(=O)(=O)O)cc(S(=O)(=O)[O-])c2c1. The van der Waals surface area contributed by atoms with Crippen LogP contribution in [0.4, 0.5) is 16.2 Å². The lowest BCUT2D eigenvalue weighted by Crippen LogP contribution is -2.19. The monoisotopic (exact) mass is 630 g/mol. The van der Waals surface area contributed by atoms with E-state index in [-0.39, 0.29) is 32.9 Å². The molecule has 0 bridgehead atoms. The Morgan fingerprint density at radius 3 is 1.23 bits per heavy atom. The van der Waals surface area contributed by atoms with E-state index in [1.54, 1.807) is 0 Å². The molecule has 0 heterocycles. The summed E-state index contributed by atoms with van der Waals surface area (Å²) in [4.78, 5) is 8.94. The zero-order valence-corrected chi connectivity index (χ0v) is 22.6. The fourth-order valence-corrected chi connectivity index (χ4v) is 6.42. The molecule has 0 atom stereocenters. The lowest BCUT2D eigenvalue weighted by Gasteiger charge is -2.15. The number of hydrogen-bond donors (Lipinski definition) is 4. The summed E-state index contributed by atoms with van der Waals surface area (Å²) in [6.07, 6.45) is 0. The van der Waals surface area contributed by atoms with Gasteiger partial charge in [0.15, 0.2) is 0 Å². The lowest BCUT2D eigenvalue weighted by molar-refractivity contribution is 0.262. The zero-order chi connectivity index (χ0) is 29.8. The van der Waals surface area contributed by atoms with E-state index in [0.717, 1.165) is 24.3 Å². The Balaban J connectivity index is 1.70. The van der Waals surface area contributed by atoms with Crippen LogP contribution in [0.5, 0.6) is 0 Å².